The Hall–Kier alpha value is -8.48. The van der Waals surface area contributed by atoms with E-state index >= 15 is 0 Å². The van der Waals surface area contributed by atoms with E-state index in [1.165, 1.54) is 0 Å². The molecule has 12 aromatic rings. The number of nitrogens with zero attached hydrogens (tertiary/aromatic N) is 4. The molecule has 0 aliphatic carbocycles. The van der Waals surface area contributed by atoms with Gasteiger partial charge in [0.15, 0.2) is 17.2 Å². The summed E-state index contributed by atoms with van der Waals surface area (Å²) < 4.78 is 13.1. The second-order valence-corrected chi connectivity index (χ2v) is 15.4. The van der Waals surface area contributed by atoms with E-state index in [-0.39, 0.29) is 0 Å². The summed E-state index contributed by atoms with van der Waals surface area (Å²) in [7, 11) is 0. The van der Waals surface area contributed by atoms with E-state index in [4.69, 9.17) is 28.8 Å². The van der Waals surface area contributed by atoms with E-state index in [0.29, 0.717) is 17.2 Å². The fourth-order valence-electron chi connectivity index (χ4n) is 8.53. The molecular weight excluding hydrogens is 761 g/mol. The summed E-state index contributed by atoms with van der Waals surface area (Å²) in [6, 6.07) is 70.3. The first-order chi connectivity index (χ1) is 30.7. The molecule has 0 bridgehead atoms. The predicted octanol–water partition coefficient (Wildman–Crippen LogP) is 14.7. The van der Waals surface area contributed by atoms with E-state index in [2.05, 4.69) is 127 Å². The lowest BCUT2D eigenvalue weighted by atomic mass is 9.99. The second kappa shape index (κ2) is 14.7. The van der Waals surface area contributed by atoms with Gasteiger partial charge in [-0.15, -0.1) is 0 Å². The maximum absolute atomic E-state index is 6.76. The molecule has 0 atom stereocenters. The molecule has 0 spiro atoms. The van der Waals surface area contributed by atoms with Gasteiger partial charge in [0.25, 0.3) is 0 Å². The maximum atomic E-state index is 6.76. The van der Waals surface area contributed by atoms with Gasteiger partial charge in [0.05, 0.1) is 11.4 Å². The van der Waals surface area contributed by atoms with Gasteiger partial charge in [-0.1, -0.05) is 176 Å². The Morgan fingerprint density at radius 1 is 0.306 bits per heavy atom. The number of benzene rings is 8. The van der Waals surface area contributed by atoms with Gasteiger partial charge >= 0.3 is 0 Å². The highest BCUT2D eigenvalue weighted by Gasteiger charge is 2.21. The third-order valence-corrected chi connectivity index (χ3v) is 11.5. The molecule has 290 valence electrons. The molecule has 0 radical (unpaired) electrons. The highest BCUT2D eigenvalue weighted by molar-refractivity contribution is 6.15. The van der Waals surface area contributed by atoms with Crippen molar-refractivity contribution in [1.82, 2.24) is 19.9 Å². The molecule has 0 saturated heterocycles. The quantitative estimate of drug-likeness (QED) is 0.160. The Morgan fingerprint density at radius 3 is 1.66 bits per heavy atom. The zero-order chi connectivity index (χ0) is 41.0. The molecule has 6 nitrogen and oxygen atoms in total. The maximum Gasteiger partial charge on any atom is 0.180 e. The minimum Gasteiger partial charge on any atom is -0.455 e. The number of hydrogen-bond acceptors (Lipinski definition) is 6. The molecule has 0 saturated carbocycles. The first-order valence-electron chi connectivity index (χ1n) is 20.6. The average Bonchev–Trinajstić information content (AvgIpc) is 3.93. The summed E-state index contributed by atoms with van der Waals surface area (Å²) in [6.45, 7) is 0. The van der Waals surface area contributed by atoms with Gasteiger partial charge in [-0.3, -0.25) is 0 Å². The van der Waals surface area contributed by atoms with Crippen molar-refractivity contribution in [1.29, 1.82) is 0 Å². The highest BCUT2D eigenvalue weighted by Crippen LogP contribution is 2.42. The van der Waals surface area contributed by atoms with Crippen LogP contribution in [0.4, 0.5) is 0 Å². The Morgan fingerprint density at radius 2 is 0.871 bits per heavy atom. The molecule has 6 heteroatoms. The number of aromatic nitrogens is 4. The molecule has 0 aliphatic heterocycles. The number of para-hydroxylation sites is 2. The van der Waals surface area contributed by atoms with E-state index in [1.807, 2.05) is 78.9 Å². The van der Waals surface area contributed by atoms with Gasteiger partial charge in [0.1, 0.15) is 28.0 Å². The summed E-state index contributed by atoms with van der Waals surface area (Å²) in [5, 5.41) is 2.92. The third kappa shape index (κ3) is 6.13. The van der Waals surface area contributed by atoms with Crippen molar-refractivity contribution in [3.8, 4) is 78.8 Å². The van der Waals surface area contributed by atoms with E-state index in [1.54, 1.807) is 0 Å². The predicted molar refractivity (Wildman–Crippen MR) is 250 cm³/mol. The van der Waals surface area contributed by atoms with Crippen LogP contribution in [0.25, 0.3) is 123 Å². The first kappa shape index (κ1) is 35.5. The zero-order valence-electron chi connectivity index (χ0n) is 33.2. The number of hydrogen-bond donors (Lipinski definition) is 0. The normalized spacial score (nSPS) is 11.5. The SMILES string of the molecule is c1ccc(-c2cccc(-c3cc(-c4ccccc4)nc(-c4cccc5oc6c(-c7ccc(-c8nc(-c9ccccc9)c9oc%10ccccc%10c9n8)cc7)cccc6c45)n3)c2)cc1. The smallest absolute Gasteiger partial charge is 0.180 e. The molecule has 0 amide bonds. The molecule has 0 N–H and O–H groups in total. The molecular formula is C56H34N4O2. The Kier molecular flexibility index (Phi) is 8.38. The van der Waals surface area contributed by atoms with Crippen LogP contribution in [0.15, 0.2) is 215 Å². The monoisotopic (exact) mass is 794 g/mol. The van der Waals surface area contributed by atoms with Crippen LogP contribution in [0.3, 0.4) is 0 Å². The van der Waals surface area contributed by atoms with Gasteiger partial charge in [0, 0.05) is 49.5 Å². The van der Waals surface area contributed by atoms with Crippen LogP contribution < -0.4 is 0 Å². The van der Waals surface area contributed by atoms with Gasteiger partial charge < -0.3 is 8.83 Å². The van der Waals surface area contributed by atoms with Gasteiger partial charge in [-0.25, -0.2) is 19.9 Å². The van der Waals surface area contributed by atoms with Gasteiger partial charge in [-0.2, -0.15) is 0 Å². The number of furan rings is 2. The summed E-state index contributed by atoms with van der Waals surface area (Å²) in [4.78, 5) is 20.7. The minimum atomic E-state index is 0.630. The second-order valence-electron chi connectivity index (χ2n) is 15.4. The fraction of sp³-hybridized carbons (Fsp3) is 0. The van der Waals surface area contributed by atoms with Gasteiger partial charge in [0.2, 0.25) is 0 Å². The lowest BCUT2D eigenvalue weighted by molar-refractivity contribution is 0.667. The standard InChI is InChI=1S/C56H34N4O2/c1-4-15-35(16-5-1)40-21-12-22-41(33-40)47-34-46(37-17-6-2-7-18-37)57-56(58-47)45-26-14-28-49-50(45)44-25-13-24-42(53(44)62-49)36-29-31-39(32-30-36)55-59-51(38-19-8-3-9-20-38)54-52(60-55)43-23-10-11-27-48(43)61-54/h1-34H. The third-order valence-electron chi connectivity index (χ3n) is 11.5. The summed E-state index contributed by atoms with van der Waals surface area (Å²) in [6.07, 6.45) is 0. The molecule has 0 aliphatic rings. The Balaban J connectivity index is 0.969. The molecule has 4 heterocycles. The number of rotatable bonds is 7. The van der Waals surface area contributed by atoms with Crippen molar-refractivity contribution < 1.29 is 8.83 Å². The van der Waals surface area contributed by atoms with Crippen molar-refractivity contribution in [2.75, 3.05) is 0 Å². The van der Waals surface area contributed by atoms with Crippen LogP contribution in [0.2, 0.25) is 0 Å². The van der Waals surface area contributed by atoms with E-state index < -0.39 is 0 Å². The molecule has 0 fully saturated rings. The van der Waals surface area contributed by atoms with Crippen molar-refractivity contribution in [2.45, 2.75) is 0 Å². The highest BCUT2D eigenvalue weighted by atomic mass is 16.3. The van der Waals surface area contributed by atoms with Crippen molar-refractivity contribution >= 4 is 44.0 Å². The van der Waals surface area contributed by atoms with E-state index in [9.17, 15) is 0 Å². The topological polar surface area (TPSA) is 77.8 Å². The molecule has 8 aromatic carbocycles. The zero-order valence-corrected chi connectivity index (χ0v) is 33.2. The molecule has 0 unspecified atom stereocenters. The van der Waals surface area contributed by atoms with Crippen molar-refractivity contribution in [3.05, 3.63) is 206 Å². The van der Waals surface area contributed by atoms with Crippen LogP contribution in [0.1, 0.15) is 0 Å². The number of fused-ring (bicyclic) bond motifs is 6. The largest absolute Gasteiger partial charge is 0.455 e. The van der Waals surface area contributed by atoms with Crippen LogP contribution in [-0.2, 0) is 0 Å². The summed E-state index contributed by atoms with van der Waals surface area (Å²) in [5.41, 5.74) is 15.4. The van der Waals surface area contributed by atoms with Gasteiger partial charge in [-0.05, 0) is 47.0 Å². The van der Waals surface area contributed by atoms with Crippen LogP contribution in [0, 0.1) is 0 Å². The Labute approximate surface area is 356 Å². The Bertz CT molecular complexity index is 3620. The lowest BCUT2D eigenvalue weighted by Gasteiger charge is -2.11. The average molecular weight is 795 g/mol. The molecule has 12 rings (SSSR count). The fourth-order valence-corrected chi connectivity index (χ4v) is 8.53. The van der Waals surface area contributed by atoms with Crippen LogP contribution >= 0.6 is 0 Å². The van der Waals surface area contributed by atoms with E-state index in [0.717, 1.165) is 106 Å². The van der Waals surface area contributed by atoms with Crippen LogP contribution in [-0.4, -0.2) is 19.9 Å². The van der Waals surface area contributed by atoms with Crippen molar-refractivity contribution in [2.24, 2.45) is 0 Å². The molecule has 4 aromatic heterocycles. The first-order valence-corrected chi connectivity index (χ1v) is 20.6. The minimum absolute atomic E-state index is 0.630. The summed E-state index contributed by atoms with van der Waals surface area (Å²) >= 11 is 0. The molecule has 62 heavy (non-hydrogen) atoms. The van der Waals surface area contributed by atoms with Crippen molar-refractivity contribution in [3.63, 3.8) is 0 Å². The summed E-state index contributed by atoms with van der Waals surface area (Å²) in [5.74, 6) is 1.26. The lowest BCUT2D eigenvalue weighted by Crippen LogP contribution is -1.96. The van der Waals surface area contributed by atoms with Crippen LogP contribution in [0.5, 0.6) is 0 Å².